The van der Waals surface area contributed by atoms with Crippen LogP contribution in [0.25, 0.3) is 0 Å². The van der Waals surface area contributed by atoms with Gasteiger partial charge >= 0.3 is 0 Å². The summed E-state index contributed by atoms with van der Waals surface area (Å²) in [5.74, 6) is -0.231. The molecule has 1 N–H and O–H groups in total. The number of nitrogens with zero attached hydrogens (tertiary/aromatic N) is 1. The van der Waals surface area contributed by atoms with Crippen molar-refractivity contribution >= 4 is 5.69 Å². The molecule has 0 amide bonds. The molecule has 1 saturated carbocycles. The third-order valence-corrected chi connectivity index (χ3v) is 2.94. The molecule has 2 rings (SSSR count). The van der Waals surface area contributed by atoms with Gasteiger partial charge in [0.25, 0.3) is 0 Å². The molecule has 1 aliphatic carbocycles. The number of para-hydroxylation sites is 1. The molecule has 0 heterocycles. The second-order valence-corrected chi connectivity index (χ2v) is 4.17. The summed E-state index contributed by atoms with van der Waals surface area (Å²) < 4.78 is 13.2. The first-order valence-corrected chi connectivity index (χ1v) is 5.11. The first-order valence-electron chi connectivity index (χ1n) is 5.11. The molecule has 0 aliphatic heterocycles. The SMILES string of the molecule is N#CCC1(CNc2ccccc2F)CC1. The molecule has 0 radical (unpaired) electrons. The van der Waals surface area contributed by atoms with Crippen LogP contribution in [0.3, 0.4) is 0 Å². The van der Waals surface area contributed by atoms with Gasteiger partial charge in [0.1, 0.15) is 5.82 Å². The normalized spacial score (nSPS) is 16.8. The topological polar surface area (TPSA) is 35.8 Å². The Balaban J connectivity index is 1.94. The second-order valence-electron chi connectivity index (χ2n) is 4.17. The van der Waals surface area contributed by atoms with E-state index in [9.17, 15) is 4.39 Å². The lowest BCUT2D eigenvalue weighted by atomic mass is 10.0. The Morgan fingerprint density at radius 2 is 2.13 bits per heavy atom. The zero-order chi connectivity index (χ0) is 10.7. The summed E-state index contributed by atoms with van der Waals surface area (Å²) in [6.07, 6.45) is 2.71. The molecule has 0 atom stereocenters. The van der Waals surface area contributed by atoms with E-state index in [0.717, 1.165) is 12.8 Å². The van der Waals surface area contributed by atoms with Gasteiger partial charge in [-0.15, -0.1) is 0 Å². The van der Waals surface area contributed by atoms with Crippen LogP contribution in [0.2, 0.25) is 0 Å². The maximum absolute atomic E-state index is 13.2. The Morgan fingerprint density at radius 1 is 1.40 bits per heavy atom. The van der Waals surface area contributed by atoms with Crippen molar-refractivity contribution < 1.29 is 4.39 Å². The van der Waals surface area contributed by atoms with Gasteiger partial charge in [-0.25, -0.2) is 4.39 Å². The monoisotopic (exact) mass is 204 g/mol. The number of halogens is 1. The van der Waals surface area contributed by atoms with Gasteiger partial charge in [-0.3, -0.25) is 0 Å². The Hall–Kier alpha value is -1.56. The molecular weight excluding hydrogens is 191 g/mol. The van der Waals surface area contributed by atoms with E-state index in [-0.39, 0.29) is 11.2 Å². The first-order chi connectivity index (χ1) is 7.26. The maximum Gasteiger partial charge on any atom is 0.146 e. The van der Waals surface area contributed by atoms with Crippen molar-refractivity contribution in [2.45, 2.75) is 19.3 Å². The lowest BCUT2D eigenvalue weighted by Gasteiger charge is -2.13. The fourth-order valence-electron chi connectivity index (χ4n) is 1.65. The predicted octanol–water partition coefficient (Wildman–Crippen LogP) is 2.93. The van der Waals surface area contributed by atoms with E-state index in [1.165, 1.54) is 6.07 Å². The molecule has 0 bridgehead atoms. The quantitative estimate of drug-likeness (QED) is 0.818. The summed E-state index contributed by atoms with van der Waals surface area (Å²) >= 11 is 0. The summed E-state index contributed by atoms with van der Waals surface area (Å²) in [6, 6.07) is 8.81. The highest BCUT2D eigenvalue weighted by Gasteiger charge is 2.42. The van der Waals surface area contributed by atoms with E-state index in [4.69, 9.17) is 5.26 Å². The Morgan fingerprint density at radius 3 is 2.73 bits per heavy atom. The summed E-state index contributed by atoms with van der Waals surface area (Å²) in [5.41, 5.74) is 0.638. The third-order valence-electron chi connectivity index (χ3n) is 2.94. The van der Waals surface area contributed by atoms with Crippen LogP contribution in [0.1, 0.15) is 19.3 Å². The maximum atomic E-state index is 13.2. The van der Waals surface area contributed by atoms with Crippen LogP contribution in [0.4, 0.5) is 10.1 Å². The molecule has 1 fully saturated rings. The summed E-state index contributed by atoms with van der Waals surface area (Å²) in [7, 11) is 0. The predicted molar refractivity (Wildman–Crippen MR) is 56.8 cm³/mol. The van der Waals surface area contributed by atoms with Crippen LogP contribution >= 0.6 is 0 Å². The number of nitrogens with one attached hydrogen (secondary N) is 1. The minimum absolute atomic E-state index is 0.108. The van der Waals surface area contributed by atoms with E-state index in [1.807, 2.05) is 0 Å². The van der Waals surface area contributed by atoms with Crippen molar-refractivity contribution in [2.24, 2.45) is 5.41 Å². The summed E-state index contributed by atoms with van der Waals surface area (Å²) in [5, 5.41) is 11.7. The van der Waals surface area contributed by atoms with Crippen molar-refractivity contribution in [2.75, 3.05) is 11.9 Å². The van der Waals surface area contributed by atoms with Crippen LogP contribution in [-0.2, 0) is 0 Å². The van der Waals surface area contributed by atoms with E-state index < -0.39 is 0 Å². The average Bonchev–Trinajstić information content (AvgIpc) is 2.98. The standard InChI is InChI=1S/C12H13FN2/c13-10-3-1-2-4-11(10)15-9-12(5-6-12)7-8-14/h1-4,15H,5-7,9H2. The van der Waals surface area contributed by atoms with Crippen molar-refractivity contribution in [3.63, 3.8) is 0 Å². The third kappa shape index (κ3) is 2.27. The zero-order valence-electron chi connectivity index (χ0n) is 8.46. The Bertz CT molecular complexity index is 391. The molecule has 2 nitrogen and oxygen atoms in total. The smallest absolute Gasteiger partial charge is 0.146 e. The first kappa shape index (κ1) is 9.97. The molecular formula is C12H13FN2. The number of hydrogen-bond acceptors (Lipinski definition) is 2. The van der Waals surface area contributed by atoms with Gasteiger partial charge in [0.15, 0.2) is 0 Å². The van der Waals surface area contributed by atoms with Crippen LogP contribution in [0.15, 0.2) is 24.3 Å². The fourth-order valence-corrected chi connectivity index (χ4v) is 1.65. The van der Waals surface area contributed by atoms with E-state index in [1.54, 1.807) is 18.2 Å². The minimum Gasteiger partial charge on any atom is -0.382 e. The molecule has 1 aromatic carbocycles. The van der Waals surface area contributed by atoms with Crippen LogP contribution in [-0.4, -0.2) is 6.54 Å². The summed E-state index contributed by atoms with van der Waals surface area (Å²) in [4.78, 5) is 0. The molecule has 0 aromatic heterocycles. The van der Waals surface area contributed by atoms with Gasteiger partial charge in [-0.05, 0) is 25.0 Å². The largest absolute Gasteiger partial charge is 0.382 e. The molecule has 78 valence electrons. The highest BCUT2D eigenvalue weighted by atomic mass is 19.1. The highest BCUT2D eigenvalue weighted by molar-refractivity contribution is 5.44. The van der Waals surface area contributed by atoms with Crippen LogP contribution in [0.5, 0.6) is 0 Å². The molecule has 1 aromatic rings. The lowest BCUT2D eigenvalue weighted by molar-refractivity contribution is 0.553. The van der Waals surface area contributed by atoms with Gasteiger partial charge in [0.2, 0.25) is 0 Å². The van der Waals surface area contributed by atoms with Crippen LogP contribution < -0.4 is 5.32 Å². The zero-order valence-corrected chi connectivity index (χ0v) is 8.46. The van der Waals surface area contributed by atoms with Crippen molar-refractivity contribution in [3.05, 3.63) is 30.1 Å². The van der Waals surface area contributed by atoms with E-state index in [2.05, 4.69) is 11.4 Å². The Kier molecular flexibility index (Phi) is 2.59. The molecule has 0 saturated heterocycles. The molecule has 0 spiro atoms. The molecule has 1 aliphatic rings. The second kappa shape index (κ2) is 3.90. The van der Waals surface area contributed by atoms with Gasteiger partial charge in [0.05, 0.1) is 11.8 Å². The highest BCUT2D eigenvalue weighted by Crippen LogP contribution is 2.48. The van der Waals surface area contributed by atoms with Crippen molar-refractivity contribution in [1.29, 1.82) is 5.26 Å². The van der Waals surface area contributed by atoms with E-state index in [0.29, 0.717) is 18.7 Å². The van der Waals surface area contributed by atoms with Gasteiger partial charge in [0, 0.05) is 18.4 Å². The molecule has 0 unspecified atom stereocenters. The van der Waals surface area contributed by atoms with Gasteiger partial charge < -0.3 is 5.32 Å². The van der Waals surface area contributed by atoms with Crippen LogP contribution in [0, 0.1) is 22.6 Å². The molecule has 3 heteroatoms. The minimum atomic E-state index is -0.231. The van der Waals surface area contributed by atoms with Crippen molar-refractivity contribution in [1.82, 2.24) is 0 Å². The Labute approximate surface area is 88.7 Å². The average molecular weight is 204 g/mol. The number of benzene rings is 1. The number of rotatable bonds is 4. The number of hydrogen-bond donors (Lipinski definition) is 1. The number of nitriles is 1. The lowest BCUT2D eigenvalue weighted by Crippen LogP contribution is -2.15. The molecule has 15 heavy (non-hydrogen) atoms. The van der Waals surface area contributed by atoms with Crippen molar-refractivity contribution in [3.8, 4) is 6.07 Å². The fraction of sp³-hybridized carbons (Fsp3) is 0.417. The summed E-state index contributed by atoms with van der Waals surface area (Å²) in [6.45, 7) is 0.696. The van der Waals surface area contributed by atoms with Gasteiger partial charge in [-0.2, -0.15) is 5.26 Å². The number of anilines is 1. The van der Waals surface area contributed by atoms with E-state index >= 15 is 0 Å². The van der Waals surface area contributed by atoms with Gasteiger partial charge in [-0.1, -0.05) is 12.1 Å².